The highest BCUT2D eigenvalue weighted by atomic mass is 79.9. The van der Waals surface area contributed by atoms with Crippen LogP contribution >= 0.6 is 15.9 Å². The molecule has 2 aromatic rings. The van der Waals surface area contributed by atoms with Gasteiger partial charge < -0.3 is 15.2 Å². The van der Waals surface area contributed by atoms with Crippen molar-refractivity contribution >= 4 is 27.6 Å². The van der Waals surface area contributed by atoms with Crippen LogP contribution in [0.2, 0.25) is 0 Å². The van der Waals surface area contributed by atoms with Gasteiger partial charge >= 0.3 is 0 Å². The molecule has 0 saturated carbocycles. The number of nitrogens with one attached hydrogen (secondary N) is 2. The Morgan fingerprint density at radius 1 is 1.28 bits per heavy atom. The van der Waals surface area contributed by atoms with E-state index in [4.69, 9.17) is 4.52 Å². The minimum absolute atomic E-state index is 0.530. The van der Waals surface area contributed by atoms with Gasteiger partial charge in [-0.15, -0.1) is 0 Å². The summed E-state index contributed by atoms with van der Waals surface area (Å²) in [5.74, 6) is 2.25. The van der Waals surface area contributed by atoms with Crippen molar-refractivity contribution in [1.29, 1.82) is 0 Å². The zero-order chi connectivity index (χ0) is 13.0. The number of hydrogen-bond acceptors (Lipinski definition) is 6. The molecule has 18 heavy (non-hydrogen) atoms. The van der Waals surface area contributed by atoms with E-state index in [9.17, 15) is 0 Å². The van der Waals surface area contributed by atoms with Crippen LogP contribution < -0.4 is 10.6 Å². The van der Waals surface area contributed by atoms with Crippen LogP contribution in [0.15, 0.2) is 21.4 Å². The van der Waals surface area contributed by atoms with Crippen molar-refractivity contribution in [3.63, 3.8) is 0 Å². The summed E-state index contributed by atoms with van der Waals surface area (Å²) < 4.78 is 5.93. The fourth-order valence-corrected chi connectivity index (χ4v) is 1.94. The van der Waals surface area contributed by atoms with Crippen LogP contribution in [0.1, 0.15) is 18.4 Å². The molecule has 7 heteroatoms. The van der Waals surface area contributed by atoms with E-state index < -0.39 is 0 Å². The third kappa shape index (κ3) is 2.98. The lowest BCUT2D eigenvalue weighted by molar-refractivity contribution is 0.384. The first-order chi connectivity index (χ1) is 8.70. The largest absolute Gasteiger partial charge is 0.369 e. The molecule has 0 atom stereocenters. The number of rotatable bonds is 5. The van der Waals surface area contributed by atoms with Crippen molar-refractivity contribution in [3.05, 3.63) is 28.3 Å². The Hall–Kier alpha value is -1.63. The first kappa shape index (κ1) is 12.8. The van der Waals surface area contributed by atoms with Crippen LogP contribution in [0.4, 0.5) is 11.6 Å². The summed E-state index contributed by atoms with van der Waals surface area (Å²) in [5, 5.41) is 10.1. The van der Waals surface area contributed by atoms with Crippen molar-refractivity contribution in [2.75, 3.05) is 17.2 Å². The summed E-state index contributed by atoms with van der Waals surface area (Å²) in [5.41, 5.74) is 0.863. The van der Waals surface area contributed by atoms with Crippen LogP contribution in [0.3, 0.4) is 0 Å². The van der Waals surface area contributed by atoms with Gasteiger partial charge in [0.15, 0.2) is 5.76 Å². The monoisotopic (exact) mass is 311 g/mol. The third-order valence-electron chi connectivity index (χ3n) is 2.24. The zero-order valence-corrected chi connectivity index (χ0v) is 11.8. The third-order valence-corrected chi connectivity index (χ3v) is 2.99. The molecular formula is C11H14BrN5O. The maximum Gasteiger partial charge on any atom is 0.156 e. The molecule has 2 aromatic heterocycles. The second-order valence-corrected chi connectivity index (χ2v) is 4.50. The van der Waals surface area contributed by atoms with E-state index in [1.54, 1.807) is 0 Å². The van der Waals surface area contributed by atoms with Gasteiger partial charge in [-0.2, -0.15) is 0 Å². The van der Waals surface area contributed by atoms with Crippen molar-refractivity contribution in [2.24, 2.45) is 0 Å². The maximum atomic E-state index is 5.12. The van der Waals surface area contributed by atoms with E-state index in [0.717, 1.165) is 34.1 Å². The average molecular weight is 312 g/mol. The predicted molar refractivity (Wildman–Crippen MR) is 72.5 cm³/mol. The SMILES string of the molecule is CCNc1ncnc(NCc2cc(C)no2)c1Br. The summed E-state index contributed by atoms with van der Waals surface area (Å²) in [7, 11) is 0. The van der Waals surface area contributed by atoms with Crippen LogP contribution in [-0.2, 0) is 6.54 Å². The fourth-order valence-electron chi connectivity index (χ4n) is 1.45. The van der Waals surface area contributed by atoms with Crippen LogP contribution in [0, 0.1) is 6.92 Å². The molecule has 0 aliphatic rings. The number of anilines is 2. The quantitative estimate of drug-likeness (QED) is 0.884. The normalized spacial score (nSPS) is 10.4. The van der Waals surface area contributed by atoms with Crippen molar-refractivity contribution in [2.45, 2.75) is 20.4 Å². The van der Waals surface area contributed by atoms with Crippen LogP contribution in [0.5, 0.6) is 0 Å². The molecule has 0 aliphatic carbocycles. The number of nitrogens with zero attached hydrogens (tertiary/aromatic N) is 3. The number of hydrogen-bond donors (Lipinski definition) is 2. The highest BCUT2D eigenvalue weighted by Gasteiger charge is 2.08. The van der Waals surface area contributed by atoms with E-state index in [1.165, 1.54) is 6.33 Å². The predicted octanol–water partition coefficient (Wildman–Crippen LogP) is 2.58. The molecule has 0 fully saturated rings. The van der Waals surface area contributed by atoms with Gasteiger partial charge in [-0.1, -0.05) is 5.16 Å². The highest BCUT2D eigenvalue weighted by molar-refractivity contribution is 9.10. The molecule has 0 aliphatic heterocycles. The van der Waals surface area contributed by atoms with E-state index in [1.807, 2.05) is 19.9 Å². The van der Waals surface area contributed by atoms with Crippen molar-refractivity contribution < 1.29 is 4.52 Å². The molecule has 6 nitrogen and oxygen atoms in total. The molecule has 0 radical (unpaired) electrons. The zero-order valence-electron chi connectivity index (χ0n) is 10.2. The molecule has 0 bridgehead atoms. The van der Waals surface area contributed by atoms with Crippen molar-refractivity contribution in [1.82, 2.24) is 15.1 Å². The summed E-state index contributed by atoms with van der Waals surface area (Å²) in [6.07, 6.45) is 1.51. The van der Waals surface area contributed by atoms with Gasteiger partial charge in [-0.3, -0.25) is 0 Å². The van der Waals surface area contributed by atoms with Gasteiger partial charge in [0.1, 0.15) is 22.4 Å². The molecule has 0 unspecified atom stereocenters. The van der Waals surface area contributed by atoms with E-state index in [0.29, 0.717) is 6.54 Å². The second kappa shape index (κ2) is 5.81. The number of halogens is 1. The van der Waals surface area contributed by atoms with E-state index in [2.05, 4.69) is 41.7 Å². The average Bonchev–Trinajstić information content (AvgIpc) is 2.77. The number of aryl methyl sites for hydroxylation is 1. The summed E-state index contributed by atoms with van der Waals surface area (Å²) in [4.78, 5) is 8.31. The summed E-state index contributed by atoms with van der Waals surface area (Å²) in [6.45, 7) is 5.23. The smallest absolute Gasteiger partial charge is 0.156 e. The van der Waals surface area contributed by atoms with Gasteiger partial charge in [0.25, 0.3) is 0 Å². The maximum absolute atomic E-state index is 5.12. The van der Waals surface area contributed by atoms with Crippen LogP contribution in [-0.4, -0.2) is 21.7 Å². The molecule has 0 aromatic carbocycles. The standard InChI is InChI=1S/C11H14BrN5O/c1-3-13-10-9(12)11(16-6-15-10)14-5-8-4-7(2)17-18-8/h4,6H,3,5H2,1-2H3,(H2,13,14,15,16). The lowest BCUT2D eigenvalue weighted by Crippen LogP contribution is -2.06. The van der Waals surface area contributed by atoms with Gasteiger partial charge in [-0.25, -0.2) is 9.97 Å². The molecule has 96 valence electrons. The summed E-state index contributed by atoms with van der Waals surface area (Å²) >= 11 is 3.46. The molecule has 2 heterocycles. The van der Waals surface area contributed by atoms with Gasteiger partial charge in [-0.05, 0) is 29.8 Å². The topological polar surface area (TPSA) is 75.9 Å². The molecule has 0 amide bonds. The first-order valence-electron chi connectivity index (χ1n) is 5.61. The Morgan fingerprint density at radius 2 is 2.00 bits per heavy atom. The molecular weight excluding hydrogens is 298 g/mol. The Balaban J connectivity index is 2.07. The van der Waals surface area contributed by atoms with Crippen LogP contribution in [0.25, 0.3) is 0 Å². The first-order valence-corrected chi connectivity index (χ1v) is 6.40. The lowest BCUT2D eigenvalue weighted by Gasteiger charge is -2.09. The summed E-state index contributed by atoms with van der Waals surface area (Å²) in [6, 6.07) is 1.88. The van der Waals surface area contributed by atoms with E-state index >= 15 is 0 Å². The minimum atomic E-state index is 0.530. The van der Waals surface area contributed by atoms with Gasteiger partial charge in [0.05, 0.1) is 12.2 Å². The Bertz CT molecular complexity index is 528. The Kier molecular flexibility index (Phi) is 4.14. The van der Waals surface area contributed by atoms with Crippen molar-refractivity contribution in [3.8, 4) is 0 Å². The fraction of sp³-hybridized carbons (Fsp3) is 0.364. The Labute approximate surface area is 113 Å². The van der Waals surface area contributed by atoms with Gasteiger partial charge in [0, 0.05) is 12.6 Å². The second-order valence-electron chi connectivity index (χ2n) is 3.70. The highest BCUT2D eigenvalue weighted by Crippen LogP contribution is 2.26. The molecule has 0 saturated heterocycles. The molecule has 2 rings (SSSR count). The lowest BCUT2D eigenvalue weighted by atomic mass is 10.4. The van der Waals surface area contributed by atoms with E-state index in [-0.39, 0.29) is 0 Å². The number of aromatic nitrogens is 3. The molecule has 0 spiro atoms. The minimum Gasteiger partial charge on any atom is -0.369 e. The Morgan fingerprint density at radius 3 is 2.61 bits per heavy atom. The molecule has 2 N–H and O–H groups in total. The van der Waals surface area contributed by atoms with Gasteiger partial charge in [0.2, 0.25) is 0 Å².